The summed E-state index contributed by atoms with van der Waals surface area (Å²) in [5.74, 6) is 0.932. The molecule has 0 bridgehead atoms. The summed E-state index contributed by atoms with van der Waals surface area (Å²) in [6, 6.07) is 8.36. The molecule has 0 atom stereocenters. The van der Waals surface area contributed by atoms with Crippen LogP contribution in [0.4, 0.5) is 0 Å². The van der Waals surface area contributed by atoms with E-state index < -0.39 is 0 Å². The smallest absolute Gasteiger partial charge is 0.118 e. The van der Waals surface area contributed by atoms with Gasteiger partial charge in [-0.1, -0.05) is 26.0 Å². The second-order valence-corrected chi connectivity index (χ2v) is 4.73. The van der Waals surface area contributed by atoms with Crippen LogP contribution in [0.3, 0.4) is 0 Å². The average Bonchev–Trinajstić information content (AvgIpc) is 2.47. The van der Waals surface area contributed by atoms with Gasteiger partial charge in [-0.15, -0.1) is 0 Å². The zero-order valence-corrected chi connectivity index (χ0v) is 12.6. The molecule has 19 heavy (non-hydrogen) atoms. The Morgan fingerprint density at radius 3 is 2.32 bits per heavy atom. The zero-order valence-electron chi connectivity index (χ0n) is 12.6. The van der Waals surface area contributed by atoms with E-state index in [0.29, 0.717) is 0 Å². The van der Waals surface area contributed by atoms with Crippen LogP contribution in [-0.2, 0) is 6.42 Å². The Morgan fingerprint density at radius 1 is 1.05 bits per heavy atom. The van der Waals surface area contributed by atoms with Crippen LogP contribution in [0.1, 0.15) is 25.8 Å². The number of benzene rings is 1. The van der Waals surface area contributed by atoms with Crippen LogP contribution in [0.5, 0.6) is 5.75 Å². The Morgan fingerprint density at radius 2 is 1.74 bits per heavy atom. The lowest BCUT2D eigenvalue weighted by molar-refractivity contribution is 0.302. The van der Waals surface area contributed by atoms with Gasteiger partial charge >= 0.3 is 0 Å². The molecule has 1 aromatic rings. The number of likely N-dealkylation sites (N-methyl/N-ethyl adjacent to an activating group) is 1. The molecule has 1 rings (SSSR count). The molecular weight excluding hydrogens is 236 g/mol. The lowest BCUT2D eigenvalue weighted by atomic mass is 10.1. The van der Waals surface area contributed by atoms with Crippen molar-refractivity contribution < 1.29 is 4.74 Å². The highest BCUT2D eigenvalue weighted by atomic mass is 16.5. The zero-order chi connectivity index (χ0) is 13.9. The van der Waals surface area contributed by atoms with Crippen LogP contribution in [0.15, 0.2) is 24.3 Å². The first-order valence-corrected chi connectivity index (χ1v) is 7.36. The van der Waals surface area contributed by atoms with Gasteiger partial charge in [0.2, 0.25) is 0 Å². The van der Waals surface area contributed by atoms with Gasteiger partial charge in [0.25, 0.3) is 0 Å². The molecule has 0 spiro atoms. The van der Waals surface area contributed by atoms with Crippen LogP contribution in [0.25, 0.3) is 0 Å². The summed E-state index contributed by atoms with van der Waals surface area (Å²) in [5.41, 5.74) is 1.38. The van der Waals surface area contributed by atoms with Gasteiger partial charge in [-0.05, 0) is 50.2 Å². The largest absolute Gasteiger partial charge is 0.497 e. The van der Waals surface area contributed by atoms with Gasteiger partial charge < -0.3 is 15.0 Å². The van der Waals surface area contributed by atoms with Gasteiger partial charge in [0.15, 0.2) is 0 Å². The molecule has 0 saturated heterocycles. The minimum absolute atomic E-state index is 0.932. The van der Waals surface area contributed by atoms with Crippen molar-refractivity contribution in [1.29, 1.82) is 0 Å². The molecule has 0 fully saturated rings. The molecule has 0 radical (unpaired) electrons. The van der Waals surface area contributed by atoms with Crippen molar-refractivity contribution in [3.63, 3.8) is 0 Å². The van der Waals surface area contributed by atoms with Crippen molar-refractivity contribution >= 4 is 0 Å². The van der Waals surface area contributed by atoms with Gasteiger partial charge in [-0.3, -0.25) is 0 Å². The van der Waals surface area contributed by atoms with E-state index in [9.17, 15) is 0 Å². The number of nitrogens with one attached hydrogen (secondary N) is 1. The van der Waals surface area contributed by atoms with Gasteiger partial charge in [-0.2, -0.15) is 0 Å². The van der Waals surface area contributed by atoms with Crippen LogP contribution < -0.4 is 10.1 Å². The van der Waals surface area contributed by atoms with E-state index >= 15 is 0 Å². The molecule has 0 aliphatic carbocycles. The molecule has 0 aromatic heterocycles. The molecule has 0 aliphatic rings. The Hall–Kier alpha value is -1.06. The van der Waals surface area contributed by atoms with E-state index in [1.807, 2.05) is 12.1 Å². The van der Waals surface area contributed by atoms with Gasteiger partial charge in [0.1, 0.15) is 5.75 Å². The van der Waals surface area contributed by atoms with Gasteiger partial charge in [0, 0.05) is 13.1 Å². The predicted molar refractivity (Wildman–Crippen MR) is 82.0 cm³/mol. The number of ether oxygens (including phenoxy) is 1. The van der Waals surface area contributed by atoms with Crippen molar-refractivity contribution in [2.75, 3.05) is 39.8 Å². The minimum atomic E-state index is 0.932. The Kier molecular flexibility index (Phi) is 8.26. The van der Waals surface area contributed by atoms with Crippen molar-refractivity contribution in [2.24, 2.45) is 0 Å². The maximum Gasteiger partial charge on any atom is 0.118 e. The highest BCUT2D eigenvalue weighted by molar-refractivity contribution is 5.27. The molecule has 0 unspecified atom stereocenters. The van der Waals surface area contributed by atoms with Crippen molar-refractivity contribution in [3.05, 3.63) is 29.8 Å². The molecule has 0 amide bonds. The molecule has 0 heterocycles. The van der Waals surface area contributed by atoms with E-state index in [1.54, 1.807) is 7.11 Å². The summed E-state index contributed by atoms with van der Waals surface area (Å²) in [5, 5.41) is 3.51. The third-order valence-corrected chi connectivity index (χ3v) is 3.48. The standard InChI is InChI=1S/C16H28N2O/c1-4-18(5-2)14-13-17-12-6-7-15-8-10-16(19-3)11-9-15/h8-11,17H,4-7,12-14H2,1-3H3. The number of hydrogen-bond acceptors (Lipinski definition) is 3. The molecular formula is C16H28N2O. The van der Waals surface area contributed by atoms with Crippen molar-refractivity contribution in [1.82, 2.24) is 10.2 Å². The topological polar surface area (TPSA) is 24.5 Å². The Bertz CT molecular complexity index is 320. The van der Waals surface area contributed by atoms with Crippen LogP contribution in [-0.4, -0.2) is 44.7 Å². The third-order valence-electron chi connectivity index (χ3n) is 3.48. The highest BCUT2D eigenvalue weighted by Gasteiger charge is 1.98. The quantitative estimate of drug-likeness (QED) is 0.657. The Labute approximate surface area is 118 Å². The molecule has 0 saturated carbocycles. The molecule has 1 N–H and O–H groups in total. The van der Waals surface area contributed by atoms with E-state index in [0.717, 1.165) is 44.9 Å². The van der Waals surface area contributed by atoms with Gasteiger partial charge in [-0.25, -0.2) is 0 Å². The summed E-state index contributed by atoms with van der Waals surface area (Å²) < 4.78 is 5.15. The van der Waals surface area contributed by atoms with E-state index in [2.05, 4.69) is 36.2 Å². The summed E-state index contributed by atoms with van der Waals surface area (Å²) in [6.45, 7) is 10.0. The SMILES string of the molecule is CCN(CC)CCNCCCc1ccc(OC)cc1. The van der Waals surface area contributed by atoms with E-state index in [4.69, 9.17) is 4.74 Å². The monoisotopic (exact) mass is 264 g/mol. The average molecular weight is 264 g/mol. The first-order valence-electron chi connectivity index (χ1n) is 7.36. The maximum absolute atomic E-state index is 5.15. The maximum atomic E-state index is 5.15. The second kappa shape index (κ2) is 9.82. The fourth-order valence-electron chi connectivity index (χ4n) is 2.11. The predicted octanol–water partition coefficient (Wildman–Crippen LogP) is 2.56. The van der Waals surface area contributed by atoms with Gasteiger partial charge in [0.05, 0.1) is 7.11 Å². The second-order valence-electron chi connectivity index (χ2n) is 4.73. The third kappa shape index (κ3) is 6.60. The van der Waals surface area contributed by atoms with Crippen molar-refractivity contribution in [2.45, 2.75) is 26.7 Å². The summed E-state index contributed by atoms with van der Waals surface area (Å²) in [7, 11) is 1.70. The molecule has 108 valence electrons. The van der Waals surface area contributed by atoms with E-state index in [1.165, 1.54) is 12.0 Å². The molecule has 3 heteroatoms. The van der Waals surface area contributed by atoms with Crippen LogP contribution >= 0.6 is 0 Å². The number of nitrogens with zero attached hydrogens (tertiary/aromatic N) is 1. The fraction of sp³-hybridized carbons (Fsp3) is 0.625. The van der Waals surface area contributed by atoms with Crippen LogP contribution in [0, 0.1) is 0 Å². The number of rotatable bonds is 10. The normalized spacial score (nSPS) is 10.9. The summed E-state index contributed by atoms with van der Waals surface area (Å²) >= 11 is 0. The molecule has 1 aromatic carbocycles. The fourth-order valence-corrected chi connectivity index (χ4v) is 2.11. The lowest BCUT2D eigenvalue weighted by Gasteiger charge is -2.17. The summed E-state index contributed by atoms with van der Waals surface area (Å²) in [6.07, 6.45) is 2.31. The minimum Gasteiger partial charge on any atom is -0.497 e. The summed E-state index contributed by atoms with van der Waals surface area (Å²) in [4.78, 5) is 2.44. The van der Waals surface area contributed by atoms with Crippen molar-refractivity contribution in [3.8, 4) is 5.75 Å². The molecule has 3 nitrogen and oxygen atoms in total. The number of methoxy groups -OCH3 is 1. The Balaban J connectivity index is 2.07. The number of aryl methyl sites for hydroxylation is 1. The number of hydrogen-bond donors (Lipinski definition) is 1. The first kappa shape index (κ1) is 16.0. The molecule has 0 aliphatic heterocycles. The first-order chi connectivity index (χ1) is 9.30. The van der Waals surface area contributed by atoms with Crippen LogP contribution in [0.2, 0.25) is 0 Å². The van der Waals surface area contributed by atoms with E-state index in [-0.39, 0.29) is 0 Å². The lowest BCUT2D eigenvalue weighted by Crippen LogP contribution is -2.32. The highest BCUT2D eigenvalue weighted by Crippen LogP contribution is 2.12.